The van der Waals surface area contributed by atoms with E-state index < -0.39 is 20.2 Å². The molecule has 0 aliphatic rings. The molecule has 10 heteroatoms. The maximum atomic E-state index is 12.2. The number of aryl methyl sites for hydroxylation is 2. The van der Waals surface area contributed by atoms with E-state index in [1.165, 1.54) is 35.7 Å². The minimum Gasteiger partial charge on any atom is -0.0579 e. The van der Waals surface area contributed by atoms with Crippen molar-refractivity contribution in [1.29, 1.82) is 0 Å². The standard InChI is InChI=1S/C29H44O6S3Se/c1-26-12-16-28(17-13-26)37(30,31)34-20-6-3-8-22-36-23-9-5-11-25-39-24-10-4-7-21-35-38(32,33)29-18-14-27(2)15-19-29/h12-19H,3-11,20-25H2,1-2H3. The van der Waals surface area contributed by atoms with Gasteiger partial charge >= 0.3 is 188 Å². The fourth-order valence-electron chi connectivity index (χ4n) is 3.64. The molecule has 0 radical (unpaired) electrons. The maximum Gasteiger partial charge on any atom is -0.0408 e. The van der Waals surface area contributed by atoms with E-state index in [9.17, 15) is 16.8 Å². The van der Waals surface area contributed by atoms with Crippen molar-refractivity contribution in [3.05, 3.63) is 59.7 Å². The van der Waals surface area contributed by atoms with Crippen LogP contribution in [0.3, 0.4) is 0 Å². The summed E-state index contributed by atoms with van der Waals surface area (Å²) in [5.41, 5.74) is 2.05. The van der Waals surface area contributed by atoms with Crippen molar-refractivity contribution in [1.82, 2.24) is 0 Å². The Hall–Kier alpha value is -0.871. The monoisotopic (exact) mass is 664 g/mol. The summed E-state index contributed by atoms with van der Waals surface area (Å²) < 4.78 is 58.9. The van der Waals surface area contributed by atoms with Crippen LogP contribution in [0.15, 0.2) is 58.3 Å². The van der Waals surface area contributed by atoms with Gasteiger partial charge in [-0.05, 0) is 19.1 Å². The van der Waals surface area contributed by atoms with Crippen LogP contribution in [0.25, 0.3) is 0 Å². The number of thioether (sulfide) groups is 1. The fraction of sp³-hybridized carbons (Fsp3) is 0.586. The topological polar surface area (TPSA) is 86.7 Å². The summed E-state index contributed by atoms with van der Waals surface area (Å²) in [6, 6.07) is 13.5. The van der Waals surface area contributed by atoms with Crippen LogP contribution in [-0.4, -0.2) is 56.5 Å². The second-order valence-corrected chi connectivity index (χ2v) is 16.6. The zero-order chi connectivity index (χ0) is 28.4. The van der Waals surface area contributed by atoms with Gasteiger partial charge < -0.3 is 0 Å². The quantitative estimate of drug-likeness (QED) is 0.0748. The summed E-state index contributed by atoms with van der Waals surface area (Å²) in [4.78, 5) is 0.448. The Morgan fingerprint density at radius 2 is 0.949 bits per heavy atom. The molecule has 0 N–H and O–H groups in total. The minimum atomic E-state index is -3.64. The zero-order valence-corrected chi connectivity index (χ0v) is 27.5. The van der Waals surface area contributed by atoms with Gasteiger partial charge in [-0.2, -0.15) is 8.42 Å². The maximum absolute atomic E-state index is 12.2. The molecular weight excluding hydrogens is 619 g/mol. The van der Waals surface area contributed by atoms with Gasteiger partial charge in [0.1, 0.15) is 0 Å². The molecule has 0 aliphatic carbocycles. The molecule has 0 fully saturated rings. The fourth-order valence-corrected chi connectivity index (χ4v) is 8.69. The van der Waals surface area contributed by atoms with Gasteiger partial charge in [0.05, 0.1) is 4.90 Å². The molecule has 0 saturated carbocycles. The Balaban J connectivity index is 1.32. The van der Waals surface area contributed by atoms with Crippen molar-refractivity contribution in [2.75, 3.05) is 24.7 Å². The summed E-state index contributed by atoms with van der Waals surface area (Å²) >= 11 is 2.66. The first kappa shape index (κ1) is 34.3. The molecule has 0 aromatic heterocycles. The molecule has 0 unspecified atom stereocenters. The average molecular weight is 664 g/mol. The van der Waals surface area contributed by atoms with Gasteiger partial charge in [-0.3, -0.25) is 0 Å². The van der Waals surface area contributed by atoms with Gasteiger partial charge in [0.2, 0.25) is 0 Å². The molecule has 0 spiro atoms. The molecule has 2 aromatic carbocycles. The summed E-state index contributed by atoms with van der Waals surface area (Å²) in [7, 11) is -7.28. The third-order valence-corrected chi connectivity index (χ3v) is 12.3. The van der Waals surface area contributed by atoms with Crippen molar-refractivity contribution >= 4 is 47.0 Å². The largest absolute Gasteiger partial charge is 0.0579 e. The van der Waals surface area contributed by atoms with Crippen molar-refractivity contribution in [2.45, 2.75) is 92.1 Å². The molecule has 0 bridgehead atoms. The van der Waals surface area contributed by atoms with E-state index in [-0.39, 0.29) is 23.0 Å². The number of benzene rings is 2. The van der Waals surface area contributed by atoms with Crippen LogP contribution in [0.4, 0.5) is 0 Å². The van der Waals surface area contributed by atoms with Gasteiger partial charge in [-0.15, -0.1) is 0 Å². The molecule has 6 nitrogen and oxygen atoms in total. The van der Waals surface area contributed by atoms with Crippen LogP contribution in [-0.2, 0) is 28.6 Å². The van der Waals surface area contributed by atoms with Gasteiger partial charge in [0.15, 0.2) is 0 Å². The summed E-state index contributed by atoms with van der Waals surface area (Å²) in [6.07, 6.45) is 9.59. The van der Waals surface area contributed by atoms with Crippen molar-refractivity contribution < 1.29 is 25.2 Å². The first-order valence-electron chi connectivity index (χ1n) is 13.8. The van der Waals surface area contributed by atoms with E-state index in [0.717, 1.165) is 55.4 Å². The van der Waals surface area contributed by atoms with Crippen LogP contribution in [0.5, 0.6) is 0 Å². The Bertz CT molecular complexity index is 1040. The van der Waals surface area contributed by atoms with Gasteiger partial charge in [0.25, 0.3) is 10.1 Å². The molecule has 0 heterocycles. The van der Waals surface area contributed by atoms with Crippen LogP contribution in [0, 0.1) is 13.8 Å². The molecule has 220 valence electrons. The first-order chi connectivity index (χ1) is 18.7. The molecule has 2 rings (SSSR count). The zero-order valence-electron chi connectivity index (χ0n) is 23.3. The van der Waals surface area contributed by atoms with E-state index in [4.69, 9.17) is 8.37 Å². The summed E-state index contributed by atoms with van der Waals surface area (Å²) in [5.74, 6) is 2.31. The average Bonchev–Trinajstić information content (AvgIpc) is 2.90. The van der Waals surface area contributed by atoms with E-state index in [0.29, 0.717) is 15.0 Å². The van der Waals surface area contributed by atoms with Crippen LogP contribution in [0.1, 0.15) is 68.9 Å². The minimum absolute atomic E-state index is 0.222. The molecule has 0 atom stereocenters. The van der Waals surface area contributed by atoms with Crippen molar-refractivity contribution in [3.8, 4) is 0 Å². The Morgan fingerprint density at radius 1 is 0.564 bits per heavy atom. The molecular formula is C29H44O6S3Se. The van der Waals surface area contributed by atoms with Gasteiger partial charge in [-0.1, -0.05) is 17.7 Å². The number of hydrogen-bond acceptors (Lipinski definition) is 7. The van der Waals surface area contributed by atoms with Gasteiger partial charge in [-0.25, -0.2) is 0 Å². The molecule has 0 aliphatic heterocycles. The third kappa shape index (κ3) is 15.1. The smallest absolute Gasteiger partial charge is 0.0408 e. The van der Waals surface area contributed by atoms with Crippen molar-refractivity contribution in [2.24, 2.45) is 0 Å². The Morgan fingerprint density at radius 3 is 1.38 bits per heavy atom. The SMILES string of the molecule is Cc1ccc(S(=O)(=O)OCCCCCSCCCCC[Se]CCCCCOS(=O)(=O)c2ccc(C)cc2)cc1. The predicted octanol–water partition coefficient (Wildman–Crippen LogP) is 7.20. The Labute approximate surface area is 247 Å². The first-order valence-corrected chi connectivity index (χ1v) is 20.2. The summed E-state index contributed by atoms with van der Waals surface area (Å²) in [5, 5.41) is 2.57. The van der Waals surface area contributed by atoms with E-state index >= 15 is 0 Å². The van der Waals surface area contributed by atoms with Crippen LogP contribution < -0.4 is 0 Å². The molecule has 0 amide bonds. The second kappa shape index (κ2) is 19.3. The van der Waals surface area contributed by atoms with E-state index in [1.807, 2.05) is 25.6 Å². The van der Waals surface area contributed by atoms with Crippen LogP contribution in [0.2, 0.25) is 10.6 Å². The van der Waals surface area contributed by atoms with Crippen molar-refractivity contribution in [3.63, 3.8) is 0 Å². The second-order valence-electron chi connectivity index (χ2n) is 9.59. The normalized spacial score (nSPS) is 12.2. The van der Waals surface area contributed by atoms with Crippen LogP contribution >= 0.6 is 11.8 Å². The van der Waals surface area contributed by atoms with Gasteiger partial charge in [0, 0.05) is 0 Å². The molecule has 0 saturated heterocycles. The number of hydrogen-bond donors (Lipinski definition) is 0. The number of unbranched alkanes of at least 4 members (excludes halogenated alkanes) is 6. The third-order valence-electron chi connectivity index (χ3n) is 6.04. The van der Waals surface area contributed by atoms with E-state index in [2.05, 4.69) is 0 Å². The molecule has 2 aromatic rings. The predicted molar refractivity (Wildman–Crippen MR) is 163 cm³/mol. The molecule has 39 heavy (non-hydrogen) atoms. The summed E-state index contributed by atoms with van der Waals surface area (Å²) in [6.45, 7) is 4.35. The Kier molecular flexibility index (Phi) is 17.0. The van der Waals surface area contributed by atoms with E-state index in [1.54, 1.807) is 48.5 Å². The number of rotatable bonds is 22.